The van der Waals surface area contributed by atoms with Crippen molar-refractivity contribution in [3.8, 4) is 5.75 Å². The second-order valence-electron chi connectivity index (χ2n) is 6.45. The predicted molar refractivity (Wildman–Crippen MR) is 110 cm³/mol. The van der Waals surface area contributed by atoms with Crippen LogP contribution in [0.5, 0.6) is 5.75 Å². The van der Waals surface area contributed by atoms with Crippen LogP contribution < -0.4 is 15.0 Å². The number of ether oxygens (including phenoxy) is 1. The van der Waals surface area contributed by atoms with E-state index in [1.165, 1.54) is 11.3 Å². The molecule has 0 amide bonds. The van der Waals surface area contributed by atoms with E-state index in [9.17, 15) is 0 Å². The molecule has 2 aromatic carbocycles. The zero-order valence-electron chi connectivity index (χ0n) is 16.5. The van der Waals surface area contributed by atoms with Crippen LogP contribution in [0.2, 0.25) is 0 Å². The Kier molecular flexibility index (Phi) is 7.33. The molecule has 0 bridgehead atoms. The summed E-state index contributed by atoms with van der Waals surface area (Å²) in [5.74, 6) is 1.77. The van der Waals surface area contributed by atoms with Gasteiger partial charge in [-0.3, -0.25) is 4.99 Å². The summed E-state index contributed by atoms with van der Waals surface area (Å²) in [6, 6.07) is 16.7. The number of methoxy groups -OCH3 is 1. The smallest absolute Gasteiger partial charge is 0.193 e. The molecule has 0 atom stereocenters. The SMILES string of the molecule is CN=C(NCCc1ccc(N(C)C)cc1)N(C)Cc1ccccc1OC. The van der Waals surface area contributed by atoms with Gasteiger partial charge in [-0.05, 0) is 30.2 Å². The Labute approximate surface area is 157 Å². The van der Waals surface area contributed by atoms with E-state index in [4.69, 9.17) is 4.74 Å². The highest BCUT2D eigenvalue weighted by Gasteiger charge is 2.09. The van der Waals surface area contributed by atoms with Gasteiger partial charge in [0.1, 0.15) is 5.75 Å². The quantitative estimate of drug-likeness (QED) is 0.613. The van der Waals surface area contributed by atoms with Crippen LogP contribution in [-0.2, 0) is 13.0 Å². The fraction of sp³-hybridized carbons (Fsp3) is 0.381. The number of para-hydroxylation sites is 1. The Balaban J connectivity index is 1.88. The minimum Gasteiger partial charge on any atom is -0.496 e. The van der Waals surface area contributed by atoms with Gasteiger partial charge in [-0.2, -0.15) is 0 Å². The summed E-state index contributed by atoms with van der Waals surface area (Å²) in [6.45, 7) is 1.57. The summed E-state index contributed by atoms with van der Waals surface area (Å²) in [4.78, 5) is 8.60. The number of rotatable bonds is 7. The first-order valence-corrected chi connectivity index (χ1v) is 8.85. The summed E-state index contributed by atoms with van der Waals surface area (Å²) in [5.41, 5.74) is 3.67. The van der Waals surface area contributed by atoms with Gasteiger partial charge in [-0.15, -0.1) is 0 Å². The summed E-state index contributed by atoms with van der Waals surface area (Å²) >= 11 is 0. The summed E-state index contributed by atoms with van der Waals surface area (Å²) in [6.07, 6.45) is 0.954. The lowest BCUT2D eigenvalue weighted by atomic mass is 10.1. The Bertz CT molecular complexity index is 710. The number of hydrogen-bond acceptors (Lipinski definition) is 3. The van der Waals surface area contributed by atoms with Crippen molar-refractivity contribution in [1.29, 1.82) is 0 Å². The molecule has 0 fully saturated rings. The summed E-state index contributed by atoms with van der Waals surface area (Å²) < 4.78 is 5.43. The minimum absolute atomic E-state index is 0.737. The minimum atomic E-state index is 0.737. The van der Waals surface area contributed by atoms with E-state index < -0.39 is 0 Å². The molecule has 0 unspecified atom stereocenters. The van der Waals surface area contributed by atoms with Gasteiger partial charge in [0.2, 0.25) is 0 Å². The topological polar surface area (TPSA) is 40.1 Å². The second kappa shape index (κ2) is 9.70. The highest BCUT2D eigenvalue weighted by atomic mass is 16.5. The molecule has 0 saturated carbocycles. The van der Waals surface area contributed by atoms with Gasteiger partial charge in [-0.1, -0.05) is 30.3 Å². The molecule has 0 saturated heterocycles. The number of benzene rings is 2. The maximum atomic E-state index is 5.43. The van der Waals surface area contributed by atoms with Crippen LogP contribution in [0.4, 0.5) is 5.69 Å². The normalized spacial score (nSPS) is 11.2. The van der Waals surface area contributed by atoms with Gasteiger partial charge in [0.25, 0.3) is 0 Å². The number of nitrogens with one attached hydrogen (secondary N) is 1. The summed E-state index contributed by atoms with van der Waals surface area (Å²) in [5, 5.41) is 3.44. The Hall–Kier alpha value is -2.69. The van der Waals surface area contributed by atoms with Crippen molar-refractivity contribution in [2.75, 3.05) is 46.7 Å². The first-order valence-electron chi connectivity index (χ1n) is 8.85. The predicted octanol–water partition coefficient (Wildman–Crippen LogP) is 3.01. The molecule has 0 aromatic heterocycles. The zero-order chi connectivity index (χ0) is 18.9. The van der Waals surface area contributed by atoms with Crippen molar-refractivity contribution < 1.29 is 4.74 Å². The van der Waals surface area contributed by atoms with Crippen molar-refractivity contribution in [2.24, 2.45) is 4.99 Å². The van der Waals surface area contributed by atoms with Crippen molar-refractivity contribution in [3.05, 3.63) is 59.7 Å². The molecule has 26 heavy (non-hydrogen) atoms. The molecule has 0 spiro atoms. The van der Waals surface area contributed by atoms with E-state index in [1.807, 2.05) is 32.3 Å². The second-order valence-corrected chi connectivity index (χ2v) is 6.45. The van der Waals surface area contributed by atoms with Gasteiger partial charge in [0.15, 0.2) is 5.96 Å². The molecule has 0 radical (unpaired) electrons. The van der Waals surface area contributed by atoms with Gasteiger partial charge in [-0.25, -0.2) is 0 Å². The van der Waals surface area contributed by atoms with Crippen LogP contribution in [0.1, 0.15) is 11.1 Å². The molecule has 2 aromatic rings. The van der Waals surface area contributed by atoms with E-state index in [1.54, 1.807) is 7.11 Å². The molecule has 5 nitrogen and oxygen atoms in total. The Morgan fingerprint density at radius 2 is 1.73 bits per heavy atom. The molecule has 0 aliphatic carbocycles. The van der Waals surface area contributed by atoms with E-state index in [2.05, 4.69) is 64.5 Å². The molecule has 1 N–H and O–H groups in total. The van der Waals surface area contributed by atoms with E-state index in [0.29, 0.717) is 0 Å². The van der Waals surface area contributed by atoms with E-state index in [0.717, 1.165) is 36.8 Å². The highest BCUT2D eigenvalue weighted by Crippen LogP contribution is 2.18. The maximum Gasteiger partial charge on any atom is 0.193 e. The van der Waals surface area contributed by atoms with Crippen LogP contribution in [0.15, 0.2) is 53.5 Å². The lowest BCUT2D eigenvalue weighted by Gasteiger charge is -2.23. The first kappa shape index (κ1) is 19.6. The first-order chi connectivity index (χ1) is 12.5. The van der Waals surface area contributed by atoms with Gasteiger partial charge in [0.05, 0.1) is 7.11 Å². The molecule has 0 heterocycles. The Morgan fingerprint density at radius 3 is 2.35 bits per heavy atom. The maximum absolute atomic E-state index is 5.43. The number of aliphatic imine (C=N–C) groups is 1. The van der Waals surface area contributed by atoms with Crippen LogP contribution in [0.25, 0.3) is 0 Å². The number of anilines is 1. The fourth-order valence-electron chi connectivity index (χ4n) is 2.83. The molecule has 5 heteroatoms. The monoisotopic (exact) mass is 354 g/mol. The molecular weight excluding hydrogens is 324 g/mol. The number of hydrogen-bond donors (Lipinski definition) is 1. The van der Waals surface area contributed by atoms with Gasteiger partial charge in [0, 0.05) is 52.5 Å². The third-order valence-corrected chi connectivity index (χ3v) is 4.32. The van der Waals surface area contributed by atoms with Crippen LogP contribution in [0, 0.1) is 0 Å². The van der Waals surface area contributed by atoms with E-state index in [-0.39, 0.29) is 0 Å². The number of guanidine groups is 1. The lowest BCUT2D eigenvalue weighted by Crippen LogP contribution is -2.39. The molecule has 0 aliphatic rings. The molecular formula is C21H30N4O. The summed E-state index contributed by atoms with van der Waals surface area (Å²) in [7, 11) is 9.66. The van der Waals surface area contributed by atoms with Crippen molar-refractivity contribution >= 4 is 11.6 Å². The standard InChI is InChI=1S/C21H30N4O/c1-22-21(25(4)16-18-8-6-7-9-20(18)26-5)23-15-14-17-10-12-19(13-11-17)24(2)3/h6-13H,14-16H2,1-5H3,(H,22,23). The van der Waals surface area contributed by atoms with Gasteiger partial charge >= 0.3 is 0 Å². The van der Waals surface area contributed by atoms with Crippen LogP contribution >= 0.6 is 0 Å². The highest BCUT2D eigenvalue weighted by molar-refractivity contribution is 5.79. The zero-order valence-corrected chi connectivity index (χ0v) is 16.5. The average Bonchev–Trinajstić information content (AvgIpc) is 2.66. The third-order valence-electron chi connectivity index (χ3n) is 4.32. The van der Waals surface area contributed by atoms with Crippen molar-refractivity contribution in [3.63, 3.8) is 0 Å². The van der Waals surface area contributed by atoms with Gasteiger partial charge < -0.3 is 19.9 Å². The van der Waals surface area contributed by atoms with Crippen molar-refractivity contribution in [1.82, 2.24) is 10.2 Å². The fourth-order valence-corrected chi connectivity index (χ4v) is 2.83. The molecule has 140 valence electrons. The Morgan fingerprint density at radius 1 is 1.04 bits per heavy atom. The van der Waals surface area contributed by atoms with Crippen LogP contribution in [-0.4, -0.2) is 52.7 Å². The lowest BCUT2D eigenvalue weighted by molar-refractivity contribution is 0.396. The van der Waals surface area contributed by atoms with Crippen molar-refractivity contribution in [2.45, 2.75) is 13.0 Å². The van der Waals surface area contributed by atoms with Crippen LogP contribution in [0.3, 0.4) is 0 Å². The largest absolute Gasteiger partial charge is 0.496 e. The third kappa shape index (κ3) is 5.41. The molecule has 2 rings (SSSR count). The molecule has 0 aliphatic heterocycles. The van der Waals surface area contributed by atoms with E-state index >= 15 is 0 Å². The number of nitrogens with zero attached hydrogens (tertiary/aromatic N) is 3. The average molecular weight is 354 g/mol.